The van der Waals surface area contributed by atoms with Crippen LogP contribution in [0.15, 0.2) is 36.4 Å². The second kappa shape index (κ2) is 11.5. The minimum Gasteiger partial charge on any atom is -0.325 e. The van der Waals surface area contributed by atoms with Crippen LogP contribution in [-0.4, -0.2) is 25.1 Å². The van der Waals surface area contributed by atoms with Crippen molar-refractivity contribution in [2.45, 2.75) is 84.6 Å². The highest BCUT2D eigenvalue weighted by Crippen LogP contribution is 2.25. The van der Waals surface area contributed by atoms with Crippen molar-refractivity contribution >= 4 is 10.8 Å². The van der Waals surface area contributed by atoms with Crippen molar-refractivity contribution in [3.8, 4) is 0 Å². The van der Waals surface area contributed by atoms with E-state index in [1.54, 1.807) is 0 Å². The van der Waals surface area contributed by atoms with Gasteiger partial charge in [0.05, 0.1) is 20.6 Å². The monoisotopic (exact) mass is 368 g/mol. The molecule has 0 saturated heterocycles. The van der Waals surface area contributed by atoms with Gasteiger partial charge in [-0.05, 0) is 36.1 Å². The largest absolute Gasteiger partial charge is 0.325 e. The van der Waals surface area contributed by atoms with Crippen molar-refractivity contribution < 1.29 is 4.48 Å². The highest BCUT2D eigenvalue weighted by molar-refractivity contribution is 5.88. The molecule has 2 rings (SSSR count). The first-order valence-electron chi connectivity index (χ1n) is 11.3. The second-order valence-electron chi connectivity index (χ2n) is 9.09. The lowest BCUT2D eigenvalue weighted by Crippen LogP contribution is -2.39. The van der Waals surface area contributed by atoms with Gasteiger partial charge < -0.3 is 4.48 Å². The van der Waals surface area contributed by atoms with Crippen molar-refractivity contribution in [1.82, 2.24) is 0 Å². The molecule has 2 aromatic rings. The van der Waals surface area contributed by atoms with E-state index in [2.05, 4.69) is 64.3 Å². The summed E-state index contributed by atoms with van der Waals surface area (Å²) in [5.74, 6) is 0. The van der Waals surface area contributed by atoms with Crippen molar-refractivity contribution in [2.24, 2.45) is 0 Å². The smallest absolute Gasteiger partial charge is 0.105 e. The number of benzene rings is 2. The van der Waals surface area contributed by atoms with Gasteiger partial charge in [0.2, 0.25) is 0 Å². The van der Waals surface area contributed by atoms with Crippen LogP contribution >= 0.6 is 0 Å². The molecule has 0 aromatic heterocycles. The van der Waals surface area contributed by atoms with E-state index in [1.807, 2.05) is 0 Å². The lowest BCUT2D eigenvalue weighted by atomic mass is 9.99. The van der Waals surface area contributed by atoms with Crippen LogP contribution in [0.25, 0.3) is 10.8 Å². The van der Waals surface area contributed by atoms with Gasteiger partial charge in [-0.25, -0.2) is 0 Å². The van der Waals surface area contributed by atoms with Crippen LogP contribution < -0.4 is 0 Å². The SMILES string of the molecule is CCCCCCCCCCCC[N+](C)(C)Cc1ccc(C)c2ccccc12. The molecule has 0 radical (unpaired) electrons. The maximum atomic E-state index is 2.39. The maximum Gasteiger partial charge on any atom is 0.105 e. The van der Waals surface area contributed by atoms with Crippen LogP contribution in [0.3, 0.4) is 0 Å². The fraction of sp³-hybridized carbons (Fsp3) is 0.615. The molecule has 150 valence electrons. The van der Waals surface area contributed by atoms with Crippen molar-refractivity contribution in [3.63, 3.8) is 0 Å². The molecule has 27 heavy (non-hydrogen) atoms. The average molecular weight is 369 g/mol. The Hall–Kier alpha value is -1.34. The first-order valence-corrected chi connectivity index (χ1v) is 11.3. The predicted molar refractivity (Wildman–Crippen MR) is 121 cm³/mol. The third-order valence-electron chi connectivity index (χ3n) is 5.95. The van der Waals surface area contributed by atoms with Gasteiger partial charge in [0.25, 0.3) is 0 Å². The Labute approximate surface area is 168 Å². The van der Waals surface area contributed by atoms with E-state index in [0.29, 0.717) is 0 Å². The van der Waals surface area contributed by atoms with Crippen molar-refractivity contribution in [2.75, 3.05) is 20.6 Å². The van der Waals surface area contributed by atoms with E-state index in [4.69, 9.17) is 0 Å². The Kier molecular flexibility index (Phi) is 9.34. The van der Waals surface area contributed by atoms with Crippen LogP contribution in [0.2, 0.25) is 0 Å². The standard InChI is InChI=1S/C26H42N/c1-5-6-7-8-9-10-11-12-13-16-21-27(3,4)22-24-20-19-23(2)25-17-14-15-18-26(24)25/h14-15,17-20H,5-13,16,21-22H2,1-4H3/q+1. The number of quaternary nitrogens is 1. The molecule has 1 nitrogen and oxygen atoms in total. The quantitative estimate of drug-likeness (QED) is 0.251. The van der Waals surface area contributed by atoms with Gasteiger partial charge in [0.1, 0.15) is 6.54 Å². The first-order chi connectivity index (χ1) is 13.0. The fourth-order valence-corrected chi connectivity index (χ4v) is 4.22. The Bertz CT molecular complexity index is 671. The topological polar surface area (TPSA) is 0 Å². The number of fused-ring (bicyclic) bond motifs is 1. The third kappa shape index (κ3) is 7.66. The number of aryl methyl sites for hydroxylation is 1. The van der Waals surface area contributed by atoms with Gasteiger partial charge in [-0.15, -0.1) is 0 Å². The van der Waals surface area contributed by atoms with Crippen molar-refractivity contribution in [3.05, 3.63) is 47.5 Å². The normalized spacial score (nSPS) is 12.0. The average Bonchev–Trinajstić information content (AvgIpc) is 2.66. The molecule has 0 amide bonds. The zero-order valence-corrected chi connectivity index (χ0v) is 18.4. The van der Waals surface area contributed by atoms with E-state index in [0.717, 1.165) is 11.0 Å². The minimum atomic E-state index is 1.09. The highest BCUT2D eigenvalue weighted by Gasteiger charge is 2.17. The van der Waals surface area contributed by atoms with E-state index >= 15 is 0 Å². The predicted octanol–water partition coefficient (Wildman–Crippen LogP) is 7.65. The minimum absolute atomic E-state index is 1.09. The first kappa shape index (κ1) is 22.0. The molecular formula is C26H42N+. The zero-order chi connectivity index (χ0) is 19.5. The molecule has 0 fully saturated rings. The molecule has 0 aliphatic rings. The van der Waals surface area contributed by atoms with Crippen LogP contribution in [0, 0.1) is 6.92 Å². The van der Waals surface area contributed by atoms with Gasteiger partial charge in [-0.2, -0.15) is 0 Å². The van der Waals surface area contributed by atoms with Gasteiger partial charge in [0, 0.05) is 5.56 Å². The lowest BCUT2D eigenvalue weighted by molar-refractivity contribution is -0.903. The Balaban J connectivity index is 1.71. The molecule has 0 saturated carbocycles. The summed E-state index contributed by atoms with van der Waals surface area (Å²) in [5.41, 5.74) is 2.88. The molecule has 0 atom stereocenters. The summed E-state index contributed by atoms with van der Waals surface area (Å²) < 4.78 is 1.09. The number of hydrogen-bond acceptors (Lipinski definition) is 0. The van der Waals surface area contributed by atoms with E-state index in [-0.39, 0.29) is 0 Å². The Morgan fingerprint density at radius 3 is 1.85 bits per heavy atom. The zero-order valence-electron chi connectivity index (χ0n) is 18.4. The lowest BCUT2D eigenvalue weighted by Gasteiger charge is -2.30. The number of rotatable bonds is 13. The van der Waals surface area contributed by atoms with Gasteiger partial charge in [-0.1, -0.05) is 94.7 Å². The fourth-order valence-electron chi connectivity index (χ4n) is 4.22. The summed E-state index contributed by atoms with van der Waals surface area (Å²) in [4.78, 5) is 0. The molecule has 0 aliphatic carbocycles. The number of unbranched alkanes of at least 4 members (excludes halogenated alkanes) is 9. The number of nitrogens with zero attached hydrogens (tertiary/aromatic N) is 1. The summed E-state index contributed by atoms with van der Waals surface area (Å²) in [7, 11) is 4.78. The molecule has 1 heteroatoms. The summed E-state index contributed by atoms with van der Waals surface area (Å²) in [6, 6.07) is 13.5. The Morgan fingerprint density at radius 2 is 1.22 bits per heavy atom. The summed E-state index contributed by atoms with van der Waals surface area (Å²) in [6.45, 7) is 6.91. The van der Waals surface area contributed by atoms with Gasteiger partial charge >= 0.3 is 0 Å². The molecule has 2 aromatic carbocycles. The van der Waals surface area contributed by atoms with E-state index in [1.165, 1.54) is 92.7 Å². The molecule has 0 bridgehead atoms. The van der Waals surface area contributed by atoms with Crippen LogP contribution in [0.1, 0.15) is 82.3 Å². The molecular weight excluding hydrogens is 326 g/mol. The molecule has 0 spiro atoms. The molecule has 0 aliphatic heterocycles. The summed E-state index contributed by atoms with van der Waals surface area (Å²) in [5, 5.41) is 2.85. The second-order valence-corrected chi connectivity index (χ2v) is 9.09. The van der Waals surface area contributed by atoms with Gasteiger partial charge in [0.15, 0.2) is 0 Å². The van der Waals surface area contributed by atoms with Gasteiger partial charge in [-0.3, -0.25) is 0 Å². The van der Waals surface area contributed by atoms with E-state index in [9.17, 15) is 0 Å². The third-order valence-corrected chi connectivity index (χ3v) is 5.95. The molecule has 0 N–H and O–H groups in total. The highest BCUT2D eigenvalue weighted by atomic mass is 15.3. The van der Waals surface area contributed by atoms with Crippen LogP contribution in [0.5, 0.6) is 0 Å². The van der Waals surface area contributed by atoms with Crippen LogP contribution in [-0.2, 0) is 6.54 Å². The molecule has 0 heterocycles. The maximum absolute atomic E-state index is 2.39. The summed E-state index contributed by atoms with van der Waals surface area (Å²) in [6.07, 6.45) is 14.1. The van der Waals surface area contributed by atoms with Crippen LogP contribution in [0.4, 0.5) is 0 Å². The molecule has 0 unspecified atom stereocenters. The Morgan fingerprint density at radius 1 is 0.667 bits per heavy atom. The van der Waals surface area contributed by atoms with Crippen molar-refractivity contribution in [1.29, 1.82) is 0 Å². The summed E-state index contributed by atoms with van der Waals surface area (Å²) >= 11 is 0. The number of hydrogen-bond donors (Lipinski definition) is 0. The van der Waals surface area contributed by atoms with E-state index < -0.39 is 0 Å².